The van der Waals surface area contributed by atoms with Crippen molar-refractivity contribution in [3.63, 3.8) is 0 Å². The Morgan fingerprint density at radius 1 is 1.05 bits per heavy atom. The summed E-state index contributed by atoms with van der Waals surface area (Å²) in [4.78, 5) is 23.2. The Hall–Kier alpha value is -1.88. The van der Waals surface area contributed by atoms with Crippen molar-refractivity contribution in [1.82, 2.24) is 5.32 Å². The molecule has 0 aliphatic heterocycles. The lowest BCUT2D eigenvalue weighted by molar-refractivity contribution is -0.116. The second-order valence-corrected chi connectivity index (χ2v) is 4.66. The highest BCUT2D eigenvalue weighted by atomic mass is 16.2. The van der Waals surface area contributed by atoms with Crippen molar-refractivity contribution in [3.05, 3.63) is 24.3 Å². The molecule has 20 heavy (non-hydrogen) atoms. The van der Waals surface area contributed by atoms with Crippen LogP contribution >= 0.6 is 0 Å². The highest BCUT2D eigenvalue weighted by molar-refractivity contribution is 5.94. The number of amides is 2. The van der Waals surface area contributed by atoms with E-state index in [-0.39, 0.29) is 18.4 Å². The van der Waals surface area contributed by atoms with E-state index in [0.717, 1.165) is 19.3 Å². The first-order valence-electron chi connectivity index (χ1n) is 7.00. The molecule has 1 aromatic carbocycles. The van der Waals surface area contributed by atoms with Gasteiger partial charge in [0.05, 0.1) is 6.54 Å². The third-order valence-electron chi connectivity index (χ3n) is 2.77. The molecule has 0 heterocycles. The third kappa shape index (κ3) is 6.33. The number of hydrogen-bond donors (Lipinski definition) is 3. The van der Waals surface area contributed by atoms with Crippen LogP contribution < -0.4 is 16.0 Å². The van der Waals surface area contributed by atoms with Crippen LogP contribution in [0.5, 0.6) is 0 Å². The van der Waals surface area contributed by atoms with E-state index in [4.69, 9.17) is 0 Å². The minimum absolute atomic E-state index is 0.0113. The van der Waals surface area contributed by atoms with Gasteiger partial charge in [-0.05, 0) is 31.7 Å². The molecule has 5 heteroatoms. The van der Waals surface area contributed by atoms with Crippen LogP contribution in [0.15, 0.2) is 24.3 Å². The van der Waals surface area contributed by atoms with E-state index in [0.29, 0.717) is 17.8 Å². The van der Waals surface area contributed by atoms with E-state index in [2.05, 4.69) is 22.9 Å². The molecule has 0 aliphatic carbocycles. The van der Waals surface area contributed by atoms with Crippen LogP contribution in [-0.4, -0.2) is 25.4 Å². The normalized spacial score (nSPS) is 10.1. The van der Waals surface area contributed by atoms with Crippen LogP contribution in [0, 0.1) is 0 Å². The van der Waals surface area contributed by atoms with Gasteiger partial charge in [0, 0.05) is 17.8 Å². The van der Waals surface area contributed by atoms with Crippen molar-refractivity contribution < 1.29 is 9.59 Å². The number of anilines is 2. The molecule has 2 amide bonds. The Kier molecular flexibility index (Phi) is 7.35. The van der Waals surface area contributed by atoms with Gasteiger partial charge < -0.3 is 16.0 Å². The molecule has 0 atom stereocenters. The summed E-state index contributed by atoms with van der Waals surface area (Å²) >= 11 is 0. The summed E-state index contributed by atoms with van der Waals surface area (Å²) in [7, 11) is 1.71. The minimum atomic E-state index is -0.112. The molecule has 1 rings (SSSR count). The summed E-state index contributed by atoms with van der Waals surface area (Å²) in [6.45, 7) is 2.36. The quantitative estimate of drug-likeness (QED) is 0.639. The Balaban J connectivity index is 2.50. The maximum absolute atomic E-state index is 11.7. The molecular weight excluding hydrogens is 254 g/mol. The number of likely N-dealkylation sites (N-methyl/N-ethyl adjacent to an activating group) is 1. The van der Waals surface area contributed by atoms with Crippen molar-refractivity contribution in [1.29, 1.82) is 0 Å². The maximum atomic E-state index is 11.7. The van der Waals surface area contributed by atoms with Crippen LogP contribution in [0.1, 0.15) is 32.6 Å². The van der Waals surface area contributed by atoms with E-state index >= 15 is 0 Å². The number of unbranched alkanes of at least 4 members (excludes halogenated alkanes) is 2. The number of nitrogens with one attached hydrogen (secondary N) is 3. The Morgan fingerprint density at radius 2 is 1.70 bits per heavy atom. The first-order chi connectivity index (χ1) is 9.65. The summed E-state index contributed by atoms with van der Waals surface area (Å²) in [5.41, 5.74) is 1.38. The van der Waals surface area contributed by atoms with Gasteiger partial charge in [-0.1, -0.05) is 25.8 Å². The maximum Gasteiger partial charge on any atom is 0.238 e. The molecular formula is C15H23N3O2. The summed E-state index contributed by atoms with van der Waals surface area (Å²) < 4.78 is 0. The zero-order chi connectivity index (χ0) is 14.8. The summed E-state index contributed by atoms with van der Waals surface area (Å²) in [5, 5.41) is 8.38. The lowest BCUT2D eigenvalue weighted by Crippen LogP contribution is -2.25. The SMILES string of the molecule is CCCCCC(=O)Nc1cccc(NC(=O)CNC)c1. The fourth-order valence-corrected chi connectivity index (χ4v) is 1.80. The Bertz CT molecular complexity index is 446. The molecule has 0 aromatic heterocycles. The molecule has 0 radical (unpaired) electrons. The number of carbonyl (C=O) groups excluding carboxylic acids is 2. The lowest BCUT2D eigenvalue weighted by Gasteiger charge is -2.08. The molecule has 0 saturated carbocycles. The minimum Gasteiger partial charge on any atom is -0.326 e. The number of benzene rings is 1. The van der Waals surface area contributed by atoms with E-state index < -0.39 is 0 Å². The molecule has 5 nitrogen and oxygen atoms in total. The first-order valence-corrected chi connectivity index (χ1v) is 7.00. The van der Waals surface area contributed by atoms with E-state index in [1.165, 1.54) is 0 Å². The van der Waals surface area contributed by atoms with Gasteiger partial charge in [-0.25, -0.2) is 0 Å². The first kappa shape index (κ1) is 16.2. The number of carbonyl (C=O) groups is 2. The summed E-state index contributed by atoms with van der Waals surface area (Å²) in [6.07, 6.45) is 3.60. The van der Waals surface area contributed by atoms with Crippen molar-refractivity contribution in [2.24, 2.45) is 0 Å². The fraction of sp³-hybridized carbons (Fsp3) is 0.467. The Labute approximate surface area is 120 Å². The highest BCUT2D eigenvalue weighted by Crippen LogP contribution is 2.15. The van der Waals surface area contributed by atoms with E-state index in [1.807, 2.05) is 6.07 Å². The van der Waals surface area contributed by atoms with Crippen LogP contribution in [0.4, 0.5) is 11.4 Å². The van der Waals surface area contributed by atoms with Crippen LogP contribution in [0.3, 0.4) is 0 Å². The largest absolute Gasteiger partial charge is 0.326 e. The summed E-state index contributed by atoms with van der Waals surface area (Å²) in [6, 6.07) is 7.16. The predicted molar refractivity (Wildman–Crippen MR) is 81.8 cm³/mol. The van der Waals surface area contributed by atoms with Crippen molar-refractivity contribution >= 4 is 23.2 Å². The van der Waals surface area contributed by atoms with E-state index in [1.54, 1.807) is 25.2 Å². The molecule has 0 aliphatic rings. The van der Waals surface area contributed by atoms with Gasteiger partial charge in [-0.2, -0.15) is 0 Å². The average Bonchev–Trinajstić information content (AvgIpc) is 2.39. The third-order valence-corrected chi connectivity index (χ3v) is 2.77. The van der Waals surface area contributed by atoms with E-state index in [9.17, 15) is 9.59 Å². The van der Waals surface area contributed by atoms with Gasteiger partial charge in [0.2, 0.25) is 11.8 Å². The molecule has 0 saturated heterocycles. The van der Waals surface area contributed by atoms with Crippen LogP contribution in [0.2, 0.25) is 0 Å². The zero-order valence-electron chi connectivity index (χ0n) is 12.2. The number of rotatable bonds is 8. The van der Waals surface area contributed by atoms with Gasteiger partial charge in [-0.15, -0.1) is 0 Å². The molecule has 0 bridgehead atoms. The molecule has 3 N–H and O–H groups in total. The fourth-order valence-electron chi connectivity index (χ4n) is 1.80. The van der Waals surface area contributed by atoms with Gasteiger partial charge >= 0.3 is 0 Å². The molecule has 0 unspecified atom stereocenters. The number of hydrogen-bond acceptors (Lipinski definition) is 3. The van der Waals surface area contributed by atoms with Gasteiger partial charge in [0.25, 0.3) is 0 Å². The predicted octanol–water partition coefficient (Wildman–Crippen LogP) is 2.36. The second-order valence-electron chi connectivity index (χ2n) is 4.66. The monoisotopic (exact) mass is 277 g/mol. The Morgan fingerprint density at radius 3 is 2.30 bits per heavy atom. The van der Waals surface area contributed by atoms with Crippen LogP contribution in [0.25, 0.3) is 0 Å². The highest BCUT2D eigenvalue weighted by Gasteiger charge is 2.04. The second kappa shape index (κ2) is 9.09. The topological polar surface area (TPSA) is 70.2 Å². The van der Waals surface area contributed by atoms with Crippen LogP contribution in [-0.2, 0) is 9.59 Å². The van der Waals surface area contributed by atoms with Crippen molar-refractivity contribution in [2.45, 2.75) is 32.6 Å². The zero-order valence-corrected chi connectivity index (χ0v) is 12.2. The standard InChI is InChI=1S/C15H23N3O2/c1-3-4-5-9-14(19)17-12-7-6-8-13(10-12)18-15(20)11-16-2/h6-8,10,16H,3-5,9,11H2,1-2H3,(H,17,19)(H,18,20). The van der Waals surface area contributed by atoms with Crippen molar-refractivity contribution in [3.8, 4) is 0 Å². The molecule has 110 valence electrons. The smallest absolute Gasteiger partial charge is 0.238 e. The summed E-state index contributed by atoms with van der Waals surface area (Å²) in [5.74, 6) is -0.101. The van der Waals surface area contributed by atoms with Gasteiger partial charge in [0.15, 0.2) is 0 Å². The lowest BCUT2D eigenvalue weighted by atomic mass is 10.2. The van der Waals surface area contributed by atoms with Crippen molar-refractivity contribution in [2.75, 3.05) is 24.2 Å². The molecule has 0 spiro atoms. The average molecular weight is 277 g/mol. The van der Waals surface area contributed by atoms with Gasteiger partial charge in [-0.3, -0.25) is 9.59 Å². The van der Waals surface area contributed by atoms with Gasteiger partial charge in [0.1, 0.15) is 0 Å². The molecule has 0 fully saturated rings. The molecule has 1 aromatic rings.